The zero-order chi connectivity index (χ0) is 17.7. The third-order valence-corrected chi connectivity index (χ3v) is 3.92. The molecule has 0 spiro atoms. The van der Waals surface area contributed by atoms with E-state index >= 15 is 0 Å². The molecule has 0 aliphatic carbocycles. The molecule has 3 N–H and O–H groups in total. The van der Waals surface area contributed by atoms with Crippen LogP contribution in [0.3, 0.4) is 0 Å². The summed E-state index contributed by atoms with van der Waals surface area (Å²) in [6.07, 6.45) is 0. The minimum Gasteiger partial charge on any atom is -0.460 e. The van der Waals surface area contributed by atoms with Crippen LogP contribution in [0.4, 0.5) is 10.5 Å². The number of nitrogens with zero attached hydrogens (tertiary/aromatic N) is 1. The smallest absolute Gasteiger partial charge is 0.338 e. The number of esters is 1. The van der Waals surface area contributed by atoms with Gasteiger partial charge in [0.25, 0.3) is 0 Å². The van der Waals surface area contributed by atoms with E-state index in [-0.39, 0.29) is 12.6 Å². The molecule has 0 bridgehead atoms. The summed E-state index contributed by atoms with van der Waals surface area (Å²) in [6, 6.07) is 6.23. The number of ether oxygens (including phenoxy) is 2. The van der Waals surface area contributed by atoms with Gasteiger partial charge < -0.3 is 20.5 Å². The summed E-state index contributed by atoms with van der Waals surface area (Å²) in [4.78, 5) is 26.4. The van der Waals surface area contributed by atoms with Crippen molar-refractivity contribution in [2.75, 3.05) is 32.6 Å². The molecule has 1 heterocycles. The molecule has 7 heteroatoms. The van der Waals surface area contributed by atoms with Crippen LogP contribution in [-0.2, 0) is 14.3 Å². The van der Waals surface area contributed by atoms with Gasteiger partial charge in [-0.2, -0.15) is 0 Å². The van der Waals surface area contributed by atoms with Gasteiger partial charge in [0.05, 0.1) is 18.2 Å². The van der Waals surface area contributed by atoms with Crippen LogP contribution >= 0.6 is 0 Å². The van der Waals surface area contributed by atoms with Gasteiger partial charge in [0, 0.05) is 25.0 Å². The number of amides is 2. The number of nitrogen functional groups attached to an aromatic ring is 1. The van der Waals surface area contributed by atoms with E-state index in [4.69, 9.17) is 15.2 Å². The number of methoxy groups -OCH3 is 1. The fraction of sp³-hybridized carbons (Fsp3) is 0.412. The molecular weight excluding hydrogens is 310 g/mol. The van der Waals surface area contributed by atoms with Crippen molar-refractivity contribution in [3.63, 3.8) is 0 Å². The average molecular weight is 333 g/mol. The van der Waals surface area contributed by atoms with Crippen molar-refractivity contribution in [1.82, 2.24) is 10.2 Å². The van der Waals surface area contributed by atoms with Crippen molar-refractivity contribution >= 4 is 17.7 Å². The fourth-order valence-electron chi connectivity index (χ4n) is 2.66. The predicted octanol–water partition coefficient (Wildman–Crippen LogP) is 1.82. The van der Waals surface area contributed by atoms with Gasteiger partial charge in [-0.05, 0) is 31.5 Å². The van der Waals surface area contributed by atoms with Crippen LogP contribution < -0.4 is 11.1 Å². The summed E-state index contributed by atoms with van der Waals surface area (Å²) in [7, 11) is 1.54. The van der Waals surface area contributed by atoms with Crippen molar-refractivity contribution in [3.8, 4) is 0 Å². The second-order valence-corrected chi connectivity index (χ2v) is 5.42. The number of benzene rings is 1. The van der Waals surface area contributed by atoms with Crippen molar-refractivity contribution in [2.45, 2.75) is 19.9 Å². The maximum absolute atomic E-state index is 12.6. The average Bonchev–Trinajstić information content (AvgIpc) is 2.55. The van der Waals surface area contributed by atoms with E-state index in [0.29, 0.717) is 30.1 Å². The van der Waals surface area contributed by atoms with Crippen molar-refractivity contribution < 1.29 is 19.1 Å². The Balaban J connectivity index is 2.39. The quantitative estimate of drug-likeness (QED) is 0.470. The molecule has 1 aliphatic heterocycles. The highest BCUT2D eigenvalue weighted by Crippen LogP contribution is 2.31. The number of urea groups is 1. The molecule has 24 heavy (non-hydrogen) atoms. The molecule has 1 aromatic carbocycles. The first-order valence-electron chi connectivity index (χ1n) is 7.79. The molecule has 0 aromatic heterocycles. The summed E-state index contributed by atoms with van der Waals surface area (Å²) in [5.41, 5.74) is 8.10. The lowest BCUT2D eigenvalue weighted by Crippen LogP contribution is -2.47. The highest BCUT2D eigenvalue weighted by Gasteiger charge is 2.35. The van der Waals surface area contributed by atoms with E-state index < -0.39 is 12.0 Å². The summed E-state index contributed by atoms with van der Waals surface area (Å²) in [5.74, 6) is -0.468. The lowest BCUT2D eigenvalue weighted by molar-refractivity contribution is -0.140. The van der Waals surface area contributed by atoms with Crippen LogP contribution in [0.15, 0.2) is 35.5 Å². The normalized spacial score (nSPS) is 17.7. The third kappa shape index (κ3) is 3.68. The third-order valence-electron chi connectivity index (χ3n) is 3.92. The monoisotopic (exact) mass is 333 g/mol. The highest BCUT2D eigenvalue weighted by atomic mass is 16.6. The molecule has 0 saturated carbocycles. The van der Waals surface area contributed by atoms with Gasteiger partial charge in [-0.3, -0.25) is 4.90 Å². The second kappa shape index (κ2) is 7.83. The first-order chi connectivity index (χ1) is 11.5. The van der Waals surface area contributed by atoms with E-state index in [1.807, 2.05) is 6.92 Å². The predicted molar refractivity (Wildman–Crippen MR) is 90.0 cm³/mol. The lowest BCUT2D eigenvalue weighted by atomic mass is 9.94. The zero-order valence-corrected chi connectivity index (χ0v) is 14.2. The van der Waals surface area contributed by atoms with Crippen LogP contribution in [0.1, 0.15) is 25.5 Å². The number of carbonyl (C=O) groups excluding carboxylic acids is 2. The minimum atomic E-state index is -0.573. The van der Waals surface area contributed by atoms with E-state index in [9.17, 15) is 9.59 Å². The summed E-state index contributed by atoms with van der Waals surface area (Å²) in [5, 5.41) is 2.86. The number of carbonyl (C=O) groups is 2. The number of nitrogens with one attached hydrogen (secondary N) is 1. The standard InChI is InChI=1S/C17H23N3O4/c1-4-20-11(2)14(16(21)24-10-9-23-3)15(19-17(20)22)12-5-7-13(18)8-6-12/h5-8,15H,4,9-10,18H2,1-3H3,(H,19,22)/t15-/m1/s1. The Morgan fingerprint density at radius 2 is 1.96 bits per heavy atom. The summed E-state index contributed by atoms with van der Waals surface area (Å²) in [6.45, 7) is 4.52. The Kier molecular flexibility index (Phi) is 5.81. The van der Waals surface area contributed by atoms with Gasteiger partial charge in [0.1, 0.15) is 6.61 Å². The van der Waals surface area contributed by atoms with Crippen LogP contribution in [0.5, 0.6) is 0 Å². The van der Waals surface area contributed by atoms with E-state index in [1.165, 1.54) is 12.0 Å². The molecule has 1 aromatic rings. The van der Waals surface area contributed by atoms with Crippen LogP contribution in [0, 0.1) is 0 Å². The Labute approximate surface area is 141 Å². The summed E-state index contributed by atoms with van der Waals surface area (Å²) < 4.78 is 10.2. The number of hydrogen-bond donors (Lipinski definition) is 2. The minimum absolute atomic E-state index is 0.153. The first kappa shape index (κ1) is 17.8. The molecule has 0 radical (unpaired) electrons. The molecule has 1 atom stereocenters. The number of allylic oxidation sites excluding steroid dienone is 1. The lowest BCUT2D eigenvalue weighted by Gasteiger charge is -2.34. The largest absolute Gasteiger partial charge is 0.460 e. The highest BCUT2D eigenvalue weighted by molar-refractivity contribution is 5.95. The number of anilines is 1. The van der Waals surface area contributed by atoms with Crippen molar-refractivity contribution in [2.24, 2.45) is 0 Å². The zero-order valence-electron chi connectivity index (χ0n) is 14.2. The Morgan fingerprint density at radius 1 is 1.29 bits per heavy atom. The second-order valence-electron chi connectivity index (χ2n) is 5.42. The molecular formula is C17H23N3O4. The number of hydrogen-bond acceptors (Lipinski definition) is 5. The van der Waals surface area contributed by atoms with Crippen molar-refractivity contribution in [1.29, 1.82) is 0 Å². The number of nitrogens with two attached hydrogens (primary N) is 1. The first-order valence-corrected chi connectivity index (χ1v) is 7.79. The van der Waals surface area contributed by atoms with Gasteiger partial charge in [-0.15, -0.1) is 0 Å². The van der Waals surface area contributed by atoms with Gasteiger partial charge in [-0.1, -0.05) is 12.1 Å². The topological polar surface area (TPSA) is 93.9 Å². The maximum atomic E-state index is 12.6. The Bertz CT molecular complexity index is 640. The Hall–Kier alpha value is -2.54. The van der Waals surface area contributed by atoms with E-state index in [0.717, 1.165) is 5.56 Å². The summed E-state index contributed by atoms with van der Waals surface area (Å²) >= 11 is 0. The molecule has 130 valence electrons. The fourth-order valence-corrected chi connectivity index (χ4v) is 2.66. The van der Waals surface area contributed by atoms with Crippen molar-refractivity contribution in [3.05, 3.63) is 41.1 Å². The van der Waals surface area contributed by atoms with E-state index in [2.05, 4.69) is 5.32 Å². The molecule has 1 aliphatic rings. The van der Waals surface area contributed by atoms with Gasteiger partial charge in [0.15, 0.2) is 0 Å². The Morgan fingerprint density at radius 3 is 2.54 bits per heavy atom. The van der Waals surface area contributed by atoms with Gasteiger partial charge in [-0.25, -0.2) is 9.59 Å². The molecule has 0 unspecified atom stereocenters. The molecule has 7 nitrogen and oxygen atoms in total. The maximum Gasteiger partial charge on any atom is 0.338 e. The van der Waals surface area contributed by atoms with Crippen LogP contribution in [-0.4, -0.2) is 43.8 Å². The molecule has 0 fully saturated rings. The molecule has 2 amide bonds. The van der Waals surface area contributed by atoms with Crippen LogP contribution in [0.2, 0.25) is 0 Å². The molecule has 2 rings (SSSR count). The van der Waals surface area contributed by atoms with Crippen LogP contribution in [0.25, 0.3) is 0 Å². The van der Waals surface area contributed by atoms with Gasteiger partial charge in [0.2, 0.25) is 0 Å². The van der Waals surface area contributed by atoms with Gasteiger partial charge >= 0.3 is 12.0 Å². The SMILES string of the molecule is CCN1C(=O)N[C@H](c2ccc(N)cc2)C(C(=O)OCCOC)=C1C. The van der Waals surface area contributed by atoms with E-state index in [1.54, 1.807) is 31.2 Å². The molecule has 0 saturated heterocycles. The number of rotatable bonds is 6.